The van der Waals surface area contributed by atoms with Gasteiger partial charge in [0.15, 0.2) is 0 Å². The van der Waals surface area contributed by atoms with Crippen molar-refractivity contribution in [2.24, 2.45) is 5.92 Å². The largest absolute Gasteiger partial charge is 0.192 e. The molecule has 1 nitrogen and oxygen atoms in total. The van der Waals surface area contributed by atoms with Gasteiger partial charge in [-0.05, 0) is 29.7 Å². The van der Waals surface area contributed by atoms with E-state index in [1.807, 2.05) is 18.2 Å². The maximum absolute atomic E-state index is 8.74. The highest BCUT2D eigenvalue weighted by atomic mass is 79.9. The van der Waals surface area contributed by atoms with Crippen molar-refractivity contribution in [2.75, 3.05) is 0 Å². The van der Waals surface area contributed by atoms with Crippen LogP contribution in [0.4, 0.5) is 0 Å². The summed E-state index contributed by atoms with van der Waals surface area (Å²) in [5.41, 5.74) is 1.74. The summed E-state index contributed by atoms with van der Waals surface area (Å²) in [6, 6.07) is 7.71. The molecule has 1 aromatic rings. The van der Waals surface area contributed by atoms with Crippen LogP contribution in [0.3, 0.4) is 0 Å². The Balaban J connectivity index is 3.02. The molecule has 2 heteroatoms. The summed E-state index contributed by atoms with van der Waals surface area (Å²) in [6.45, 7) is 4.25. The number of halogens is 1. The first kappa shape index (κ1) is 11.0. The van der Waals surface area contributed by atoms with Gasteiger partial charge in [-0.25, -0.2) is 0 Å². The first-order valence-electron chi connectivity index (χ1n) is 4.51. The zero-order valence-electron chi connectivity index (χ0n) is 8.29. The van der Waals surface area contributed by atoms with Crippen LogP contribution in [0.2, 0.25) is 0 Å². The van der Waals surface area contributed by atoms with E-state index in [0.717, 1.165) is 10.0 Å². The van der Waals surface area contributed by atoms with Crippen LogP contribution < -0.4 is 0 Å². The molecule has 0 saturated carbocycles. The van der Waals surface area contributed by atoms with Gasteiger partial charge < -0.3 is 0 Å². The molecule has 0 saturated heterocycles. The molecule has 0 fully saturated rings. The molecule has 0 bridgehead atoms. The Labute approximate surface area is 93.2 Å². The van der Waals surface area contributed by atoms with E-state index in [1.165, 1.54) is 0 Å². The van der Waals surface area contributed by atoms with Crippen molar-refractivity contribution in [3.8, 4) is 6.07 Å². The lowest BCUT2D eigenvalue weighted by atomic mass is 10.1. The zero-order valence-corrected chi connectivity index (χ0v) is 9.88. The minimum atomic E-state index is 0.521. The van der Waals surface area contributed by atoms with E-state index in [2.05, 4.69) is 41.9 Å². The van der Waals surface area contributed by atoms with Crippen molar-refractivity contribution in [3.63, 3.8) is 0 Å². The monoisotopic (exact) mass is 249 g/mol. The Hall–Kier alpha value is -1.07. The van der Waals surface area contributed by atoms with E-state index in [1.54, 1.807) is 6.07 Å². The van der Waals surface area contributed by atoms with Crippen molar-refractivity contribution < 1.29 is 0 Å². The number of nitrogens with zero attached hydrogens (tertiary/aromatic N) is 1. The zero-order chi connectivity index (χ0) is 10.6. The average Bonchev–Trinajstić information content (AvgIpc) is 2.16. The van der Waals surface area contributed by atoms with E-state index in [9.17, 15) is 0 Å². The minimum Gasteiger partial charge on any atom is -0.192 e. The maximum Gasteiger partial charge on any atom is 0.0991 e. The number of hydrogen-bond acceptors (Lipinski definition) is 1. The van der Waals surface area contributed by atoms with Crippen LogP contribution in [0.15, 0.2) is 28.7 Å². The highest BCUT2D eigenvalue weighted by Crippen LogP contribution is 2.20. The first-order valence-corrected chi connectivity index (χ1v) is 5.30. The Bertz CT molecular complexity index is 386. The maximum atomic E-state index is 8.74. The molecule has 0 spiro atoms. The van der Waals surface area contributed by atoms with Crippen LogP contribution in [0.25, 0.3) is 6.08 Å². The number of rotatable bonds is 2. The summed E-state index contributed by atoms with van der Waals surface area (Å²) in [4.78, 5) is 0. The average molecular weight is 250 g/mol. The molecule has 0 unspecified atom stereocenters. The second kappa shape index (κ2) is 4.97. The van der Waals surface area contributed by atoms with Crippen LogP contribution in [0, 0.1) is 17.2 Å². The molecule has 1 aromatic carbocycles. The second-order valence-electron chi connectivity index (χ2n) is 3.45. The number of allylic oxidation sites excluding steroid dienone is 1. The third-order valence-corrected chi connectivity index (χ3v) is 2.51. The Morgan fingerprint density at radius 2 is 2.14 bits per heavy atom. The summed E-state index contributed by atoms with van der Waals surface area (Å²) in [5.74, 6) is 0.521. The fourth-order valence-electron chi connectivity index (χ4n) is 1.04. The van der Waals surface area contributed by atoms with E-state index in [4.69, 9.17) is 5.26 Å². The van der Waals surface area contributed by atoms with Crippen LogP contribution >= 0.6 is 15.9 Å². The molecule has 0 heterocycles. The van der Waals surface area contributed by atoms with Gasteiger partial charge in [0.25, 0.3) is 0 Å². The fraction of sp³-hybridized carbons (Fsp3) is 0.250. The van der Waals surface area contributed by atoms with Gasteiger partial charge in [-0.3, -0.25) is 0 Å². The van der Waals surface area contributed by atoms with Crippen molar-refractivity contribution in [1.82, 2.24) is 0 Å². The molecule has 0 aliphatic heterocycles. The molecular weight excluding hydrogens is 238 g/mol. The summed E-state index contributed by atoms with van der Waals surface area (Å²) < 4.78 is 1.02. The van der Waals surface area contributed by atoms with Crippen molar-refractivity contribution >= 4 is 22.0 Å². The molecule has 0 radical (unpaired) electrons. The van der Waals surface area contributed by atoms with Crippen molar-refractivity contribution in [3.05, 3.63) is 39.9 Å². The van der Waals surface area contributed by atoms with E-state index < -0.39 is 0 Å². The molecule has 1 rings (SSSR count). The summed E-state index contributed by atoms with van der Waals surface area (Å²) in [6.07, 6.45) is 4.15. The van der Waals surface area contributed by atoms with E-state index in [0.29, 0.717) is 11.5 Å². The molecule has 14 heavy (non-hydrogen) atoms. The van der Waals surface area contributed by atoms with Gasteiger partial charge in [-0.1, -0.05) is 41.9 Å². The number of benzene rings is 1. The van der Waals surface area contributed by atoms with Gasteiger partial charge in [-0.2, -0.15) is 5.26 Å². The molecular formula is C12H12BrN. The Kier molecular flexibility index (Phi) is 3.91. The standard InChI is InChI=1S/C12H12BrN/c1-9(2)3-5-11-7-10(8-14)4-6-12(11)13/h3-7,9H,1-2H3/b5-3+. The van der Waals surface area contributed by atoms with Crippen molar-refractivity contribution in [2.45, 2.75) is 13.8 Å². The third kappa shape index (κ3) is 3.01. The van der Waals surface area contributed by atoms with Gasteiger partial charge in [0.05, 0.1) is 11.6 Å². The highest BCUT2D eigenvalue weighted by molar-refractivity contribution is 9.10. The van der Waals surface area contributed by atoms with E-state index >= 15 is 0 Å². The molecule has 0 N–H and O–H groups in total. The minimum absolute atomic E-state index is 0.521. The summed E-state index contributed by atoms with van der Waals surface area (Å²) >= 11 is 3.45. The number of nitriles is 1. The van der Waals surface area contributed by atoms with Gasteiger partial charge in [0.2, 0.25) is 0 Å². The SMILES string of the molecule is CC(C)/C=C/c1cc(C#N)ccc1Br. The lowest BCUT2D eigenvalue weighted by Gasteiger charge is -2.00. The smallest absolute Gasteiger partial charge is 0.0991 e. The summed E-state index contributed by atoms with van der Waals surface area (Å²) in [5, 5.41) is 8.74. The van der Waals surface area contributed by atoms with Crippen LogP contribution in [0.1, 0.15) is 25.0 Å². The second-order valence-corrected chi connectivity index (χ2v) is 4.31. The fourth-order valence-corrected chi connectivity index (χ4v) is 1.42. The Morgan fingerprint density at radius 1 is 1.43 bits per heavy atom. The molecule has 0 aliphatic rings. The van der Waals surface area contributed by atoms with Gasteiger partial charge in [0, 0.05) is 4.47 Å². The lowest BCUT2D eigenvalue weighted by Crippen LogP contribution is -1.82. The molecule has 72 valence electrons. The molecule has 0 aliphatic carbocycles. The highest BCUT2D eigenvalue weighted by Gasteiger charge is 1.98. The number of hydrogen-bond donors (Lipinski definition) is 0. The normalized spacial score (nSPS) is 10.8. The molecule has 0 atom stereocenters. The van der Waals surface area contributed by atoms with E-state index in [-0.39, 0.29) is 0 Å². The third-order valence-electron chi connectivity index (χ3n) is 1.79. The lowest BCUT2D eigenvalue weighted by molar-refractivity contribution is 0.836. The van der Waals surface area contributed by atoms with Crippen molar-refractivity contribution in [1.29, 1.82) is 5.26 Å². The van der Waals surface area contributed by atoms with Gasteiger partial charge in [-0.15, -0.1) is 0 Å². The first-order chi connectivity index (χ1) is 6.63. The van der Waals surface area contributed by atoms with Crippen LogP contribution in [-0.4, -0.2) is 0 Å². The molecule has 0 aromatic heterocycles. The topological polar surface area (TPSA) is 23.8 Å². The summed E-state index contributed by atoms with van der Waals surface area (Å²) in [7, 11) is 0. The quantitative estimate of drug-likeness (QED) is 0.778. The Morgan fingerprint density at radius 3 is 2.71 bits per heavy atom. The van der Waals surface area contributed by atoms with Crippen LogP contribution in [-0.2, 0) is 0 Å². The predicted octanol–water partition coefficient (Wildman–Crippen LogP) is 3.99. The van der Waals surface area contributed by atoms with Gasteiger partial charge in [0.1, 0.15) is 0 Å². The molecule has 0 amide bonds. The van der Waals surface area contributed by atoms with Crippen LogP contribution in [0.5, 0.6) is 0 Å². The predicted molar refractivity (Wildman–Crippen MR) is 62.7 cm³/mol. The van der Waals surface area contributed by atoms with Gasteiger partial charge >= 0.3 is 0 Å².